The molecule has 0 bridgehead atoms. The topological polar surface area (TPSA) is 43.1 Å². The molecular formula is C9H8F3NO. The van der Waals surface area contributed by atoms with Gasteiger partial charge in [-0.05, 0) is 17.7 Å². The summed E-state index contributed by atoms with van der Waals surface area (Å²) in [5.41, 5.74) is 4.16. The van der Waals surface area contributed by atoms with E-state index in [0.29, 0.717) is 6.07 Å². The average molecular weight is 204 g/mol. The van der Waals surface area contributed by atoms with Crippen LogP contribution in [-0.2, 0) is 17.4 Å². The minimum atomic E-state index is -4.47. The second-order valence-corrected chi connectivity index (χ2v) is 2.74. The summed E-state index contributed by atoms with van der Waals surface area (Å²) >= 11 is 0. The van der Waals surface area contributed by atoms with Crippen molar-refractivity contribution in [1.29, 1.82) is 0 Å². The van der Waals surface area contributed by atoms with Crippen LogP contribution >= 0.6 is 0 Å². The van der Waals surface area contributed by atoms with Gasteiger partial charge in [-0.2, -0.15) is 13.2 Å². The van der Waals surface area contributed by atoms with E-state index < -0.39 is 17.6 Å². The highest BCUT2D eigenvalue weighted by Gasteiger charge is 2.29. The number of carbonyl (C=O) groups excluding carboxylic acids is 1. The molecule has 0 radical (unpaired) electrons. The van der Waals surface area contributed by atoms with Gasteiger partial charge in [-0.1, -0.05) is 12.1 Å². The van der Waals surface area contributed by atoms with Gasteiger partial charge >= 0.3 is 6.18 Å². The third-order valence-corrected chi connectivity index (χ3v) is 1.57. The maximum Gasteiger partial charge on any atom is 0.416 e. The molecule has 0 fully saturated rings. The molecule has 1 aromatic rings. The molecule has 5 heteroatoms. The monoisotopic (exact) mass is 204 g/mol. The number of primary amides is 1. The zero-order valence-corrected chi connectivity index (χ0v) is 7.06. The standard InChI is InChI=1S/C9H8F3NO/c10-9(11,12)7-3-1-6(2-4-7)5-8(13)14/h1-4H,5H2,(H2,13,14)/i1D. The van der Waals surface area contributed by atoms with Crippen LogP contribution in [0.4, 0.5) is 13.2 Å². The minimum Gasteiger partial charge on any atom is -0.369 e. The number of nitrogens with two attached hydrogens (primary N) is 1. The Balaban J connectivity index is 3.03. The fourth-order valence-electron chi connectivity index (χ4n) is 0.931. The molecule has 0 aliphatic rings. The Bertz CT molecular complexity index is 389. The van der Waals surface area contributed by atoms with Gasteiger partial charge in [-0.15, -0.1) is 0 Å². The van der Waals surface area contributed by atoms with Crippen molar-refractivity contribution in [3.05, 3.63) is 35.4 Å². The third kappa shape index (κ3) is 2.76. The van der Waals surface area contributed by atoms with Gasteiger partial charge in [0.05, 0.1) is 13.4 Å². The molecule has 1 amide bonds. The quantitative estimate of drug-likeness (QED) is 0.783. The first kappa shape index (κ1) is 9.05. The van der Waals surface area contributed by atoms with Crippen LogP contribution in [0.5, 0.6) is 0 Å². The zero-order valence-electron chi connectivity index (χ0n) is 8.06. The van der Waals surface area contributed by atoms with Crippen LogP contribution in [0, 0.1) is 0 Å². The first-order chi connectivity index (χ1) is 6.80. The average Bonchev–Trinajstić information content (AvgIpc) is 2.05. The molecule has 0 aliphatic carbocycles. The minimum absolute atomic E-state index is 0.190. The van der Waals surface area contributed by atoms with E-state index in [1.165, 1.54) is 0 Å². The molecule has 0 heterocycles. The van der Waals surface area contributed by atoms with Gasteiger partial charge in [0.2, 0.25) is 5.91 Å². The number of alkyl halides is 3. The molecule has 0 spiro atoms. The molecule has 0 unspecified atom stereocenters. The fourth-order valence-corrected chi connectivity index (χ4v) is 0.931. The number of halogens is 3. The number of rotatable bonds is 2. The van der Waals surface area contributed by atoms with Gasteiger partial charge in [0.1, 0.15) is 0 Å². The van der Waals surface area contributed by atoms with Gasteiger partial charge in [0.15, 0.2) is 0 Å². The van der Waals surface area contributed by atoms with Gasteiger partial charge in [0.25, 0.3) is 0 Å². The Morgan fingerprint density at radius 2 is 2.07 bits per heavy atom. The van der Waals surface area contributed by atoms with E-state index in [1.807, 2.05) is 0 Å². The zero-order chi connectivity index (χ0) is 11.6. The van der Waals surface area contributed by atoms with Crippen LogP contribution < -0.4 is 5.73 Å². The van der Waals surface area contributed by atoms with E-state index in [9.17, 15) is 18.0 Å². The highest BCUT2D eigenvalue weighted by molar-refractivity contribution is 5.76. The number of carbonyl (C=O) groups is 1. The van der Waals surface area contributed by atoms with Crippen LogP contribution in [0.15, 0.2) is 24.2 Å². The van der Waals surface area contributed by atoms with Gasteiger partial charge in [-0.25, -0.2) is 0 Å². The molecule has 0 atom stereocenters. The molecule has 1 aromatic carbocycles. The number of benzene rings is 1. The summed E-state index contributed by atoms with van der Waals surface area (Å²) in [4.78, 5) is 10.5. The lowest BCUT2D eigenvalue weighted by molar-refractivity contribution is -0.137. The van der Waals surface area contributed by atoms with Crippen molar-refractivity contribution in [3.8, 4) is 0 Å². The smallest absolute Gasteiger partial charge is 0.369 e. The largest absolute Gasteiger partial charge is 0.416 e. The van der Waals surface area contributed by atoms with Crippen molar-refractivity contribution >= 4 is 5.91 Å². The van der Waals surface area contributed by atoms with E-state index in [1.54, 1.807) is 0 Å². The maximum atomic E-state index is 12.2. The van der Waals surface area contributed by atoms with Crippen LogP contribution in [0.1, 0.15) is 12.5 Å². The lowest BCUT2D eigenvalue weighted by Crippen LogP contribution is -2.13. The molecule has 2 N–H and O–H groups in total. The summed E-state index contributed by atoms with van der Waals surface area (Å²) < 4.78 is 43.8. The van der Waals surface area contributed by atoms with Crippen LogP contribution in [-0.4, -0.2) is 5.91 Å². The van der Waals surface area contributed by atoms with Gasteiger partial charge in [0, 0.05) is 0 Å². The highest BCUT2D eigenvalue weighted by atomic mass is 19.4. The van der Waals surface area contributed by atoms with E-state index in [0.717, 1.165) is 12.1 Å². The van der Waals surface area contributed by atoms with Crippen molar-refractivity contribution in [2.45, 2.75) is 12.6 Å². The SMILES string of the molecule is [2H]c1cc(C(F)(F)F)ccc1CC(N)=O. The van der Waals surface area contributed by atoms with E-state index in [-0.39, 0.29) is 18.0 Å². The molecule has 1 rings (SSSR count). The first-order valence-electron chi connectivity index (χ1n) is 4.25. The molecule has 0 aromatic heterocycles. The van der Waals surface area contributed by atoms with Gasteiger partial charge < -0.3 is 5.73 Å². The molecule has 76 valence electrons. The Kier molecular flexibility index (Phi) is 2.39. The Hall–Kier alpha value is -1.52. The second-order valence-electron chi connectivity index (χ2n) is 2.74. The van der Waals surface area contributed by atoms with Crippen molar-refractivity contribution in [3.63, 3.8) is 0 Å². The van der Waals surface area contributed by atoms with Crippen molar-refractivity contribution in [1.82, 2.24) is 0 Å². The number of hydrogen-bond donors (Lipinski definition) is 1. The second kappa shape index (κ2) is 3.69. The molecule has 0 aliphatic heterocycles. The van der Waals surface area contributed by atoms with Crippen molar-refractivity contribution < 1.29 is 19.3 Å². The lowest BCUT2D eigenvalue weighted by Gasteiger charge is -2.06. The summed E-state index contributed by atoms with van der Waals surface area (Å²) in [5, 5.41) is 0. The summed E-state index contributed by atoms with van der Waals surface area (Å²) in [6.07, 6.45) is -4.70. The summed E-state index contributed by atoms with van der Waals surface area (Å²) in [5.74, 6) is -0.678. The Morgan fingerprint density at radius 3 is 2.50 bits per heavy atom. The van der Waals surface area contributed by atoms with E-state index >= 15 is 0 Å². The van der Waals surface area contributed by atoms with E-state index in [4.69, 9.17) is 7.10 Å². The predicted octanol–water partition coefficient (Wildman–Crippen LogP) is 1.73. The van der Waals surface area contributed by atoms with Gasteiger partial charge in [-0.3, -0.25) is 4.79 Å². The summed E-state index contributed by atoms with van der Waals surface area (Å²) in [6.45, 7) is 0. The molecule has 14 heavy (non-hydrogen) atoms. The van der Waals surface area contributed by atoms with Crippen molar-refractivity contribution in [2.24, 2.45) is 5.73 Å². The molecular weight excluding hydrogens is 195 g/mol. The maximum absolute atomic E-state index is 12.2. The predicted molar refractivity (Wildman–Crippen MR) is 44.3 cm³/mol. The summed E-state index contributed by atoms with van der Waals surface area (Å²) in [6, 6.07) is 2.27. The first-order valence-corrected chi connectivity index (χ1v) is 3.75. The van der Waals surface area contributed by atoms with Crippen LogP contribution in [0.2, 0.25) is 0 Å². The number of hydrogen-bond acceptors (Lipinski definition) is 1. The summed E-state index contributed by atoms with van der Waals surface area (Å²) in [7, 11) is 0. The highest BCUT2D eigenvalue weighted by Crippen LogP contribution is 2.29. The lowest BCUT2D eigenvalue weighted by atomic mass is 10.1. The Labute approximate surface area is 79.9 Å². The normalized spacial score (nSPS) is 12.4. The fraction of sp³-hybridized carbons (Fsp3) is 0.222. The third-order valence-electron chi connectivity index (χ3n) is 1.57. The molecule has 0 saturated carbocycles. The molecule has 2 nitrogen and oxygen atoms in total. The van der Waals surface area contributed by atoms with Crippen molar-refractivity contribution in [2.75, 3.05) is 0 Å². The van der Waals surface area contributed by atoms with Crippen LogP contribution in [0.3, 0.4) is 0 Å². The van der Waals surface area contributed by atoms with E-state index in [2.05, 4.69) is 0 Å². The van der Waals surface area contributed by atoms with Crippen LogP contribution in [0.25, 0.3) is 0 Å². The Morgan fingerprint density at radius 1 is 1.43 bits per heavy atom. The molecule has 0 saturated heterocycles. The number of amides is 1.